The fourth-order valence-electron chi connectivity index (χ4n) is 2.27. The number of hydrogen-bond acceptors (Lipinski definition) is 7. The van der Waals surface area contributed by atoms with Gasteiger partial charge >= 0.3 is 0 Å². The van der Waals surface area contributed by atoms with Gasteiger partial charge in [-0.25, -0.2) is 4.98 Å². The third-order valence-electron chi connectivity index (χ3n) is 3.32. The molecule has 0 spiro atoms. The number of ketones is 1. The van der Waals surface area contributed by atoms with E-state index in [-0.39, 0.29) is 23.5 Å². The average molecular weight is 348 g/mol. The first-order valence-corrected chi connectivity index (χ1v) is 7.70. The molecule has 2 aromatic heterocycles. The molecule has 1 atom stereocenters. The van der Waals surface area contributed by atoms with E-state index in [0.29, 0.717) is 11.3 Å². The predicted octanol–water partition coefficient (Wildman–Crippen LogP) is 1.82. The number of aromatic nitrogens is 3. The number of aliphatic hydroxyl groups excluding tert-OH is 1. The Morgan fingerprint density at radius 2 is 2.08 bits per heavy atom. The minimum absolute atomic E-state index is 0.164. The van der Waals surface area contributed by atoms with Crippen LogP contribution in [0.4, 0.5) is 4.39 Å². The minimum Gasteiger partial charge on any atom is -0.479 e. The summed E-state index contributed by atoms with van der Waals surface area (Å²) >= 11 is 0. The van der Waals surface area contributed by atoms with Crippen molar-refractivity contribution >= 4 is 5.78 Å². The second-order valence-corrected chi connectivity index (χ2v) is 6.49. The highest BCUT2D eigenvalue weighted by molar-refractivity contribution is 5.96. The molecule has 0 fully saturated rings. The zero-order valence-electron chi connectivity index (χ0n) is 14.6. The largest absolute Gasteiger partial charge is 0.479 e. The zero-order valence-corrected chi connectivity index (χ0v) is 14.6. The van der Waals surface area contributed by atoms with E-state index in [1.54, 1.807) is 12.1 Å². The number of pyridine rings is 1. The summed E-state index contributed by atoms with van der Waals surface area (Å²) in [5.74, 6) is -1.76. The molecule has 2 aromatic rings. The molecule has 1 unspecified atom stereocenters. The Morgan fingerprint density at radius 1 is 1.36 bits per heavy atom. The lowest BCUT2D eigenvalue weighted by Crippen LogP contribution is -2.39. The number of halogens is 1. The van der Waals surface area contributed by atoms with Crippen LogP contribution in [0.15, 0.2) is 24.7 Å². The van der Waals surface area contributed by atoms with Crippen LogP contribution in [0.1, 0.15) is 48.7 Å². The molecule has 2 heterocycles. The van der Waals surface area contributed by atoms with Crippen molar-refractivity contribution in [1.29, 1.82) is 0 Å². The topological polar surface area (TPSA) is 97.2 Å². The van der Waals surface area contributed by atoms with Gasteiger partial charge < -0.3 is 9.84 Å². The first-order valence-electron chi connectivity index (χ1n) is 7.70. The van der Waals surface area contributed by atoms with Gasteiger partial charge in [-0.05, 0) is 32.4 Å². The van der Waals surface area contributed by atoms with Crippen LogP contribution in [0.2, 0.25) is 0 Å². The van der Waals surface area contributed by atoms with Gasteiger partial charge in [0.05, 0.1) is 12.8 Å². The highest BCUT2D eigenvalue weighted by Crippen LogP contribution is 2.20. The smallest absolute Gasteiger partial charge is 0.254 e. The molecule has 0 aromatic carbocycles. The van der Waals surface area contributed by atoms with E-state index in [1.165, 1.54) is 13.3 Å². The second-order valence-electron chi connectivity index (χ2n) is 6.49. The number of methoxy groups -OCH3 is 1. The molecule has 2 rings (SSSR count). The number of nitrogens with zero attached hydrogens (tertiary/aromatic N) is 3. The number of Topliss-reactive ketones (excluding diaryl/α,β-unsaturated/α-hetero) is 1. The highest BCUT2D eigenvalue weighted by Gasteiger charge is 2.23. The number of rotatable bonds is 6. The third-order valence-corrected chi connectivity index (χ3v) is 3.32. The van der Waals surface area contributed by atoms with E-state index in [4.69, 9.17) is 4.74 Å². The van der Waals surface area contributed by atoms with Crippen molar-refractivity contribution in [3.05, 3.63) is 47.4 Å². The Balaban J connectivity index is 2.28. The Labute approximate surface area is 145 Å². The van der Waals surface area contributed by atoms with E-state index in [0.717, 1.165) is 6.33 Å². The monoisotopic (exact) mass is 348 g/mol. The van der Waals surface area contributed by atoms with Gasteiger partial charge in [-0.2, -0.15) is 9.37 Å². The van der Waals surface area contributed by atoms with Crippen molar-refractivity contribution in [1.82, 2.24) is 20.3 Å². The van der Waals surface area contributed by atoms with Crippen LogP contribution in [0.3, 0.4) is 0 Å². The standard InChI is InChI=1S/C17H21FN4O3/c1-17(2,3)22-15(24)13-10(6-5-7-19-13)8-11(23)14-12(18)16(25-4)21-9-20-14/h5-7,9,15,22,24H,8H2,1-4H3. The third kappa shape index (κ3) is 4.77. The molecule has 0 saturated heterocycles. The first-order chi connectivity index (χ1) is 11.7. The van der Waals surface area contributed by atoms with E-state index >= 15 is 0 Å². The number of nitrogens with one attached hydrogen (secondary N) is 1. The maximum Gasteiger partial charge on any atom is 0.254 e. The van der Waals surface area contributed by atoms with E-state index < -0.39 is 17.8 Å². The fraction of sp³-hybridized carbons (Fsp3) is 0.412. The Kier molecular flexibility index (Phi) is 5.76. The van der Waals surface area contributed by atoms with Gasteiger partial charge in [-0.1, -0.05) is 6.07 Å². The second kappa shape index (κ2) is 7.62. The van der Waals surface area contributed by atoms with Crippen molar-refractivity contribution in [3.63, 3.8) is 0 Å². The van der Waals surface area contributed by atoms with Crippen LogP contribution in [-0.2, 0) is 6.42 Å². The summed E-state index contributed by atoms with van der Waals surface area (Å²) in [6, 6.07) is 3.30. The molecule has 0 amide bonds. The molecule has 25 heavy (non-hydrogen) atoms. The predicted molar refractivity (Wildman–Crippen MR) is 88.7 cm³/mol. The molecule has 0 radical (unpaired) electrons. The van der Waals surface area contributed by atoms with Crippen LogP contribution in [0.25, 0.3) is 0 Å². The first kappa shape index (κ1) is 18.9. The SMILES string of the molecule is COc1ncnc(C(=O)Cc2cccnc2C(O)NC(C)(C)C)c1F. The molecule has 0 aliphatic heterocycles. The molecule has 0 aliphatic carbocycles. The Hall–Kier alpha value is -2.45. The van der Waals surface area contributed by atoms with Gasteiger partial charge in [0.1, 0.15) is 18.2 Å². The lowest BCUT2D eigenvalue weighted by Gasteiger charge is -2.25. The highest BCUT2D eigenvalue weighted by atomic mass is 19.1. The van der Waals surface area contributed by atoms with Crippen LogP contribution in [0.5, 0.6) is 5.88 Å². The van der Waals surface area contributed by atoms with Gasteiger partial charge in [0.2, 0.25) is 5.82 Å². The number of ether oxygens (including phenoxy) is 1. The molecular weight excluding hydrogens is 327 g/mol. The lowest BCUT2D eigenvalue weighted by molar-refractivity contribution is 0.0965. The van der Waals surface area contributed by atoms with Crippen LogP contribution in [0, 0.1) is 5.82 Å². The summed E-state index contributed by atoms with van der Waals surface area (Å²) in [7, 11) is 1.26. The molecule has 0 saturated carbocycles. The summed E-state index contributed by atoms with van der Waals surface area (Å²) in [4.78, 5) is 23.9. The normalized spacial score (nSPS) is 12.7. The van der Waals surface area contributed by atoms with Crippen molar-refractivity contribution < 1.29 is 19.0 Å². The van der Waals surface area contributed by atoms with Gasteiger partial charge in [-0.3, -0.25) is 15.1 Å². The molecule has 0 aliphatic rings. The van der Waals surface area contributed by atoms with Crippen LogP contribution < -0.4 is 10.1 Å². The van der Waals surface area contributed by atoms with Gasteiger partial charge in [-0.15, -0.1) is 0 Å². The number of hydrogen-bond donors (Lipinski definition) is 2. The molecular formula is C17H21FN4O3. The summed E-state index contributed by atoms with van der Waals surface area (Å²) in [5, 5.41) is 13.3. The molecule has 0 bridgehead atoms. The zero-order chi connectivity index (χ0) is 18.6. The van der Waals surface area contributed by atoms with Crippen molar-refractivity contribution in [3.8, 4) is 5.88 Å². The summed E-state index contributed by atoms with van der Waals surface area (Å²) < 4.78 is 18.9. The quantitative estimate of drug-likeness (QED) is 0.607. The molecule has 2 N–H and O–H groups in total. The summed E-state index contributed by atoms with van der Waals surface area (Å²) in [6.45, 7) is 5.69. The number of carbonyl (C=O) groups excluding carboxylic acids is 1. The fourth-order valence-corrected chi connectivity index (χ4v) is 2.27. The summed E-state index contributed by atoms with van der Waals surface area (Å²) in [6.07, 6.45) is 1.36. The molecule has 134 valence electrons. The average Bonchev–Trinajstić information content (AvgIpc) is 2.53. The summed E-state index contributed by atoms with van der Waals surface area (Å²) in [5.41, 5.74) is 0.0745. The van der Waals surface area contributed by atoms with E-state index in [1.807, 2.05) is 20.8 Å². The minimum atomic E-state index is -1.06. The Morgan fingerprint density at radius 3 is 2.72 bits per heavy atom. The van der Waals surface area contributed by atoms with E-state index in [9.17, 15) is 14.3 Å². The van der Waals surface area contributed by atoms with Crippen molar-refractivity contribution in [2.75, 3.05) is 7.11 Å². The van der Waals surface area contributed by atoms with Gasteiger partial charge in [0.15, 0.2) is 5.78 Å². The molecule has 7 nitrogen and oxygen atoms in total. The van der Waals surface area contributed by atoms with E-state index in [2.05, 4.69) is 20.3 Å². The van der Waals surface area contributed by atoms with Crippen LogP contribution in [-0.4, -0.2) is 38.5 Å². The van der Waals surface area contributed by atoms with Crippen molar-refractivity contribution in [2.24, 2.45) is 0 Å². The maximum absolute atomic E-state index is 14.2. The number of carbonyl (C=O) groups is 1. The Bertz CT molecular complexity index is 762. The number of aliphatic hydroxyl groups is 1. The maximum atomic E-state index is 14.2. The van der Waals surface area contributed by atoms with Crippen molar-refractivity contribution in [2.45, 2.75) is 39.0 Å². The van der Waals surface area contributed by atoms with Crippen LogP contribution >= 0.6 is 0 Å². The lowest BCUT2D eigenvalue weighted by atomic mass is 10.0. The molecule has 8 heteroatoms. The van der Waals surface area contributed by atoms with Gasteiger partial charge in [0, 0.05) is 18.2 Å². The van der Waals surface area contributed by atoms with Gasteiger partial charge in [0.25, 0.3) is 5.88 Å².